The number of aliphatic hydroxyl groups is 1. The number of unbranched alkanes of at least 4 members (excludes halogenated alkanes) is 51. The fourth-order valence-corrected chi connectivity index (χ4v) is 13.8. The Morgan fingerprint density at radius 1 is 0.276 bits per heavy atom. The van der Waals surface area contributed by atoms with E-state index in [2.05, 4.69) is 34.6 Å². The van der Waals surface area contributed by atoms with E-state index in [0.29, 0.717) is 25.7 Å². The van der Waals surface area contributed by atoms with Gasteiger partial charge in [0.15, 0.2) is 12.2 Å². The van der Waals surface area contributed by atoms with Crippen molar-refractivity contribution in [3.8, 4) is 0 Å². The van der Waals surface area contributed by atoms with Crippen molar-refractivity contribution < 1.29 is 80.2 Å². The van der Waals surface area contributed by atoms with Crippen LogP contribution in [0, 0.1) is 5.92 Å². The van der Waals surface area contributed by atoms with E-state index in [-0.39, 0.29) is 25.7 Å². The lowest BCUT2D eigenvalue weighted by Crippen LogP contribution is -2.30. The Labute approximate surface area is 600 Å². The molecular formula is C79H154O17P2. The third-order valence-electron chi connectivity index (χ3n) is 18.5. The van der Waals surface area contributed by atoms with Gasteiger partial charge >= 0.3 is 39.5 Å². The zero-order valence-corrected chi connectivity index (χ0v) is 65.7. The number of phosphoric ester groups is 2. The molecule has 0 bridgehead atoms. The first-order valence-corrected chi connectivity index (χ1v) is 44.1. The summed E-state index contributed by atoms with van der Waals surface area (Å²) in [6.07, 6.45) is 62.6. The van der Waals surface area contributed by atoms with E-state index >= 15 is 0 Å². The molecule has 3 N–H and O–H groups in total. The molecule has 19 heteroatoms. The summed E-state index contributed by atoms with van der Waals surface area (Å²) in [5.74, 6) is -1.32. The third kappa shape index (κ3) is 72.4. The molecule has 582 valence electrons. The number of aliphatic hydroxyl groups excluding tert-OH is 1. The van der Waals surface area contributed by atoms with Crippen molar-refractivity contribution >= 4 is 39.5 Å². The maximum absolute atomic E-state index is 13.1. The van der Waals surface area contributed by atoms with Crippen LogP contribution in [0.3, 0.4) is 0 Å². The van der Waals surface area contributed by atoms with Gasteiger partial charge < -0.3 is 33.8 Å². The quantitative estimate of drug-likeness (QED) is 0.0222. The fraction of sp³-hybridized carbons (Fsp3) is 0.949. The van der Waals surface area contributed by atoms with Crippen LogP contribution >= 0.6 is 15.6 Å². The number of rotatable bonds is 79. The topological polar surface area (TPSA) is 237 Å². The molecular weight excluding hydrogens is 1280 g/mol. The molecule has 0 radical (unpaired) electrons. The molecule has 0 saturated carbocycles. The summed E-state index contributed by atoms with van der Waals surface area (Å²) in [4.78, 5) is 72.8. The van der Waals surface area contributed by atoms with E-state index in [1.165, 1.54) is 231 Å². The second kappa shape index (κ2) is 72.0. The Morgan fingerprint density at radius 3 is 0.694 bits per heavy atom. The smallest absolute Gasteiger partial charge is 0.462 e. The van der Waals surface area contributed by atoms with Gasteiger partial charge in [-0.2, -0.15) is 0 Å². The largest absolute Gasteiger partial charge is 0.472 e. The molecule has 0 aromatic carbocycles. The molecule has 0 saturated heterocycles. The van der Waals surface area contributed by atoms with Gasteiger partial charge in [-0.15, -0.1) is 0 Å². The van der Waals surface area contributed by atoms with Crippen molar-refractivity contribution in [2.45, 2.75) is 438 Å². The number of hydrogen-bond acceptors (Lipinski definition) is 15. The molecule has 17 nitrogen and oxygen atoms in total. The normalized spacial score (nSPS) is 13.9. The summed E-state index contributed by atoms with van der Waals surface area (Å²) in [5, 5.41) is 10.6. The number of ether oxygens (including phenoxy) is 4. The number of phosphoric acid groups is 2. The highest BCUT2D eigenvalue weighted by atomic mass is 31.2. The fourth-order valence-electron chi connectivity index (χ4n) is 12.2. The minimum absolute atomic E-state index is 0.108. The molecule has 0 heterocycles. The SMILES string of the molecule is CCCCCCCCCCCCCCCCCCCCCCC(=O)O[C@H](COC(=O)CCCCCCCCCCCCCCCC(C)C)COP(=O)(O)OC[C@@H](O)COP(=O)(O)OC[C@@H](COC(=O)CCCCCCCCC)OC(=O)CCCCCCCCCCCCCCCCC. The van der Waals surface area contributed by atoms with Crippen LogP contribution in [0.1, 0.15) is 420 Å². The maximum atomic E-state index is 13.1. The van der Waals surface area contributed by atoms with Crippen molar-refractivity contribution in [2.75, 3.05) is 39.6 Å². The van der Waals surface area contributed by atoms with Gasteiger partial charge in [0, 0.05) is 25.7 Å². The van der Waals surface area contributed by atoms with Gasteiger partial charge in [0.25, 0.3) is 0 Å². The lowest BCUT2D eigenvalue weighted by Gasteiger charge is -2.21. The Morgan fingerprint density at radius 2 is 0.469 bits per heavy atom. The van der Waals surface area contributed by atoms with Crippen LogP contribution in [0.25, 0.3) is 0 Å². The Hall–Kier alpha value is -1.94. The van der Waals surface area contributed by atoms with Crippen LogP contribution in [-0.2, 0) is 65.4 Å². The van der Waals surface area contributed by atoms with Crippen molar-refractivity contribution in [3.05, 3.63) is 0 Å². The monoisotopic (exact) mass is 1440 g/mol. The first kappa shape index (κ1) is 96.1. The van der Waals surface area contributed by atoms with Crippen LogP contribution < -0.4 is 0 Å². The predicted octanol–water partition coefficient (Wildman–Crippen LogP) is 23.6. The van der Waals surface area contributed by atoms with Gasteiger partial charge in [0.05, 0.1) is 26.4 Å². The highest BCUT2D eigenvalue weighted by Crippen LogP contribution is 2.45. The van der Waals surface area contributed by atoms with Gasteiger partial charge in [-0.25, -0.2) is 9.13 Å². The van der Waals surface area contributed by atoms with Crippen LogP contribution in [0.5, 0.6) is 0 Å². The minimum atomic E-state index is -4.96. The molecule has 5 atom stereocenters. The van der Waals surface area contributed by atoms with Crippen molar-refractivity contribution in [3.63, 3.8) is 0 Å². The van der Waals surface area contributed by atoms with E-state index in [0.717, 1.165) is 109 Å². The second-order valence-electron chi connectivity index (χ2n) is 28.9. The lowest BCUT2D eigenvalue weighted by atomic mass is 10.0. The molecule has 0 rings (SSSR count). The molecule has 98 heavy (non-hydrogen) atoms. The van der Waals surface area contributed by atoms with E-state index < -0.39 is 97.5 Å². The second-order valence-corrected chi connectivity index (χ2v) is 31.8. The number of esters is 4. The first-order chi connectivity index (χ1) is 47.5. The van der Waals surface area contributed by atoms with Crippen molar-refractivity contribution in [1.29, 1.82) is 0 Å². The summed E-state index contributed by atoms with van der Waals surface area (Å²) < 4.78 is 68.5. The Balaban J connectivity index is 5.18. The molecule has 0 aliphatic carbocycles. The number of hydrogen-bond donors (Lipinski definition) is 3. The van der Waals surface area contributed by atoms with E-state index in [1.54, 1.807) is 0 Å². The average Bonchev–Trinajstić information content (AvgIpc) is 1.22. The molecule has 0 aromatic heterocycles. The molecule has 0 aliphatic rings. The molecule has 2 unspecified atom stereocenters. The summed E-state index contributed by atoms with van der Waals surface area (Å²) in [5.41, 5.74) is 0. The Kier molecular flexibility index (Phi) is 70.6. The van der Waals surface area contributed by atoms with Crippen LogP contribution in [-0.4, -0.2) is 96.7 Å². The molecule has 0 amide bonds. The van der Waals surface area contributed by atoms with Crippen LogP contribution in [0.15, 0.2) is 0 Å². The van der Waals surface area contributed by atoms with Crippen molar-refractivity contribution in [1.82, 2.24) is 0 Å². The number of carbonyl (C=O) groups is 4. The zero-order chi connectivity index (χ0) is 71.9. The third-order valence-corrected chi connectivity index (χ3v) is 20.4. The lowest BCUT2D eigenvalue weighted by molar-refractivity contribution is -0.161. The van der Waals surface area contributed by atoms with E-state index in [1.807, 2.05) is 0 Å². The zero-order valence-electron chi connectivity index (χ0n) is 63.9. The van der Waals surface area contributed by atoms with Crippen LogP contribution in [0.2, 0.25) is 0 Å². The molecule has 0 spiro atoms. The van der Waals surface area contributed by atoms with Gasteiger partial charge in [-0.3, -0.25) is 37.3 Å². The summed E-state index contributed by atoms with van der Waals surface area (Å²) >= 11 is 0. The van der Waals surface area contributed by atoms with Crippen LogP contribution in [0.4, 0.5) is 0 Å². The highest BCUT2D eigenvalue weighted by Gasteiger charge is 2.30. The molecule has 0 aliphatic heterocycles. The van der Waals surface area contributed by atoms with Gasteiger partial charge in [0.2, 0.25) is 0 Å². The molecule has 0 fully saturated rings. The Bertz CT molecular complexity index is 1870. The summed E-state index contributed by atoms with van der Waals surface area (Å²) in [7, 11) is -9.91. The van der Waals surface area contributed by atoms with E-state index in [9.17, 15) is 43.2 Å². The standard InChI is InChI=1S/C79H154O17P2/c1-6-9-12-15-18-20-22-24-26-27-28-29-30-32-36-41-45-50-55-60-65-79(84)96-75(69-90-77(82)63-58-53-48-43-39-37-33-34-38-42-47-51-56-61-72(4)5)71-94-98(87,88)92-67-73(80)66-91-97(85,86)93-70-74(68-89-76(81)62-57-52-46-17-14-11-8-3)95-78(83)64-59-54-49-44-40-35-31-25-23-21-19-16-13-10-7-2/h72-75,80H,6-71H2,1-5H3,(H,85,86)(H,87,88)/t73-,74+,75+/m0/s1. The molecule has 0 aromatic rings. The van der Waals surface area contributed by atoms with Crippen molar-refractivity contribution in [2.24, 2.45) is 5.92 Å². The minimum Gasteiger partial charge on any atom is -0.462 e. The van der Waals surface area contributed by atoms with E-state index in [4.69, 9.17) is 37.0 Å². The highest BCUT2D eigenvalue weighted by molar-refractivity contribution is 7.47. The summed E-state index contributed by atoms with van der Waals surface area (Å²) in [6.45, 7) is 7.30. The maximum Gasteiger partial charge on any atom is 0.472 e. The summed E-state index contributed by atoms with van der Waals surface area (Å²) in [6, 6.07) is 0. The number of carbonyl (C=O) groups excluding carboxylic acids is 4. The average molecular weight is 1440 g/mol. The van der Waals surface area contributed by atoms with Gasteiger partial charge in [0.1, 0.15) is 19.3 Å². The first-order valence-electron chi connectivity index (χ1n) is 41.1. The van der Waals surface area contributed by atoms with Gasteiger partial charge in [-0.1, -0.05) is 369 Å². The van der Waals surface area contributed by atoms with Gasteiger partial charge in [-0.05, 0) is 31.6 Å². The predicted molar refractivity (Wildman–Crippen MR) is 400 cm³/mol.